The van der Waals surface area contributed by atoms with Crippen LogP contribution in [0.5, 0.6) is 11.5 Å². The largest absolute Gasteiger partial charge is 0.504 e. The average Bonchev–Trinajstić information content (AvgIpc) is 3.36. The van der Waals surface area contributed by atoms with Gasteiger partial charge in [0.05, 0.1) is 17.1 Å². The minimum atomic E-state index is -0.927. The second kappa shape index (κ2) is 7.58. The molecule has 184 valence electrons. The van der Waals surface area contributed by atoms with Crippen molar-refractivity contribution in [2.45, 2.75) is 67.7 Å². The first-order valence-electron chi connectivity index (χ1n) is 12.9. The van der Waals surface area contributed by atoms with E-state index in [0.29, 0.717) is 18.6 Å². The molecule has 1 aromatic heterocycles. The van der Waals surface area contributed by atoms with Crippen molar-refractivity contribution in [1.82, 2.24) is 9.80 Å². The summed E-state index contributed by atoms with van der Waals surface area (Å²) in [5.41, 5.74) is 1.68. The van der Waals surface area contributed by atoms with E-state index in [4.69, 9.17) is 4.74 Å². The Balaban J connectivity index is 1.28. The topological polar surface area (TPSA) is 73.2 Å². The maximum Gasteiger partial charge on any atom is 0.246 e. The van der Waals surface area contributed by atoms with Gasteiger partial charge in [-0.15, -0.1) is 0 Å². The smallest absolute Gasteiger partial charge is 0.246 e. The lowest BCUT2D eigenvalue weighted by molar-refractivity contribution is -0.200. The monoisotopic (exact) mass is 492 g/mol. The quantitative estimate of drug-likeness (QED) is 0.625. The number of aliphatic hydroxyl groups is 1. The summed E-state index contributed by atoms with van der Waals surface area (Å²) in [5.74, 6) is 1.36. The predicted molar refractivity (Wildman–Crippen MR) is 135 cm³/mol. The van der Waals surface area contributed by atoms with Crippen LogP contribution >= 0.6 is 11.3 Å². The van der Waals surface area contributed by atoms with Crippen LogP contribution < -0.4 is 4.74 Å². The highest BCUT2D eigenvalue weighted by atomic mass is 32.1. The molecule has 3 fully saturated rings. The van der Waals surface area contributed by atoms with Gasteiger partial charge in [-0.1, -0.05) is 6.07 Å². The van der Waals surface area contributed by atoms with E-state index in [1.807, 2.05) is 36.0 Å². The number of ether oxygens (including phenoxy) is 1. The summed E-state index contributed by atoms with van der Waals surface area (Å²) in [6.07, 6.45) is 8.57. The number of phenols is 1. The maximum absolute atomic E-state index is 13.2. The van der Waals surface area contributed by atoms with E-state index in [9.17, 15) is 15.0 Å². The molecule has 0 radical (unpaired) electrons. The fraction of sp³-hybridized carbons (Fsp3) is 0.536. The van der Waals surface area contributed by atoms with Crippen molar-refractivity contribution in [2.24, 2.45) is 5.92 Å². The molecule has 2 aromatic rings. The second-order valence-electron chi connectivity index (χ2n) is 11.2. The summed E-state index contributed by atoms with van der Waals surface area (Å²) in [5, 5.41) is 27.4. The number of carbonyl (C=O) groups is 1. The van der Waals surface area contributed by atoms with Crippen LogP contribution in [0.2, 0.25) is 0 Å². The molecule has 1 aromatic carbocycles. The zero-order valence-corrected chi connectivity index (χ0v) is 20.8. The molecule has 2 bridgehead atoms. The molecular weight excluding hydrogens is 460 g/mol. The molecule has 35 heavy (non-hydrogen) atoms. The van der Waals surface area contributed by atoms with Gasteiger partial charge in [0.2, 0.25) is 5.91 Å². The molecule has 6 nitrogen and oxygen atoms in total. The van der Waals surface area contributed by atoms with Gasteiger partial charge in [-0.05, 0) is 91.1 Å². The van der Waals surface area contributed by atoms with Gasteiger partial charge in [-0.3, -0.25) is 9.69 Å². The van der Waals surface area contributed by atoms with Crippen molar-refractivity contribution < 1.29 is 19.7 Å². The van der Waals surface area contributed by atoms with E-state index >= 15 is 0 Å². The summed E-state index contributed by atoms with van der Waals surface area (Å²) in [7, 11) is 1.85. The molecule has 7 rings (SSSR count). The maximum atomic E-state index is 13.2. The third-order valence-corrected chi connectivity index (χ3v) is 10.2. The molecule has 1 saturated heterocycles. The number of hydrogen-bond acceptors (Lipinski definition) is 6. The van der Waals surface area contributed by atoms with Crippen molar-refractivity contribution in [2.75, 3.05) is 20.1 Å². The first-order valence-corrected chi connectivity index (χ1v) is 13.8. The molecular formula is C28H32N2O4S. The highest BCUT2D eigenvalue weighted by molar-refractivity contribution is 7.08. The Morgan fingerprint density at radius 2 is 2.14 bits per heavy atom. The average molecular weight is 493 g/mol. The summed E-state index contributed by atoms with van der Waals surface area (Å²) in [4.78, 5) is 17.6. The number of likely N-dealkylation sites (N-methyl/N-ethyl adjacent to an activating group) is 1. The van der Waals surface area contributed by atoms with Gasteiger partial charge >= 0.3 is 0 Å². The number of likely N-dealkylation sites (tertiary alicyclic amines) is 1. The van der Waals surface area contributed by atoms with Crippen molar-refractivity contribution in [3.63, 3.8) is 0 Å². The molecule has 2 saturated carbocycles. The number of benzene rings is 1. The number of carbonyl (C=O) groups excluding carboxylic acids is 1. The number of rotatable bonds is 5. The molecule has 5 aliphatic rings. The highest BCUT2D eigenvalue weighted by Crippen LogP contribution is 2.66. The van der Waals surface area contributed by atoms with Crippen LogP contribution in [-0.4, -0.2) is 69.8 Å². The zero-order valence-electron chi connectivity index (χ0n) is 20.0. The summed E-state index contributed by atoms with van der Waals surface area (Å²) >= 11 is 1.61. The second-order valence-corrected chi connectivity index (χ2v) is 12.0. The van der Waals surface area contributed by atoms with Gasteiger partial charge in [-0.25, -0.2) is 0 Å². The third-order valence-electron chi connectivity index (χ3n) is 9.54. The SMILES string of the molecule is CN(C(=O)/C=C/c1ccsc1)C1CC[C@@]2(O)[C@H]3Cc4ccc(O)c5c4[C@@]2(CCN3CC2CC2)C1O5. The van der Waals surface area contributed by atoms with Crippen LogP contribution in [0, 0.1) is 5.92 Å². The van der Waals surface area contributed by atoms with Gasteiger partial charge < -0.3 is 19.8 Å². The number of piperidine rings is 1. The Morgan fingerprint density at radius 1 is 1.29 bits per heavy atom. The molecule has 2 unspecified atom stereocenters. The Labute approximate surface area is 209 Å². The van der Waals surface area contributed by atoms with E-state index in [1.165, 1.54) is 18.4 Å². The van der Waals surface area contributed by atoms with Crippen LogP contribution in [0.3, 0.4) is 0 Å². The van der Waals surface area contributed by atoms with Gasteiger partial charge in [0, 0.05) is 31.3 Å². The van der Waals surface area contributed by atoms with E-state index in [2.05, 4.69) is 4.90 Å². The highest BCUT2D eigenvalue weighted by Gasteiger charge is 2.73. The standard InChI is InChI=1S/C28H32N2O4S/c1-29(23(32)7-4-18-9-13-35-16-18)20-8-10-28(33)22-14-19-5-6-21(31)25-24(19)27(28,26(20)34-25)11-12-30(22)15-17-2-3-17/h4-7,9,13,16-17,20,22,26,31,33H,2-3,8,10-12,14-15H2,1H3/b7-4+/t20?,22-,26?,27+,28-/m1/s1. The molecule has 7 heteroatoms. The first kappa shape index (κ1) is 21.9. The normalized spacial score (nSPS) is 35.1. The Morgan fingerprint density at radius 3 is 2.91 bits per heavy atom. The van der Waals surface area contributed by atoms with Crippen molar-refractivity contribution in [1.29, 1.82) is 0 Å². The third kappa shape index (κ3) is 2.98. The number of nitrogens with zero attached hydrogens (tertiary/aromatic N) is 2. The van der Waals surface area contributed by atoms with Crippen molar-refractivity contribution in [3.05, 3.63) is 51.7 Å². The molecule has 1 amide bonds. The number of thiophene rings is 1. The lowest BCUT2D eigenvalue weighted by Crippen LogP contribution is -2.78. The van der Waals surface area contributed by atoms with Crippen molar-refractivity contribution in [3.8, 4) is 11.5 Å². The molecule has 2 aliphatic heterocycles. The Hall–Kier alpha value is -2.35. The molecule has 5 atom stereocenters. The lowest BCUT2D eigenvalue weighted by atomic mass is 9.48. The van der Waals surface area contributed by atoms with Crippen molar-refractivity contribution >= 4 is 23.3 Å². The van der Waals surface area contributed by atoms with E-state index in [1.54, 1.807) is 28.4 Å². The number of hydrogen-bond donors (Lipinski definition) is 2. The van der Waals surface area contributed by atoms with Gasteiger partial charge in [0.25, 0.3) is 0 Å². The number of phenolic OH excluding ortho intramolecular Hbond substituents is 1. The number of amides is 1. The van der Waals surface area contributed by atoms with Crippen LogP contribution in [0.15, 0.2) is 35.0 Å². The van der Waals surface area contributed by atoms with Crippen LogP contribution in [-0.2, 0) is 16.6 Å². The predicted octanol–water partition coefficient (Wildman–Crippen LogP) is 3.56. The molecule has 2 N–H and O–H groups in total. The lowest BCUT2D eigenvalue weighted by Gasteiger charge is -2.64. The minimum Gasteiger partial charge on any atom is -0.504 e. The van der Waals surface area contributed by atoms with Gasteiger partial charge in [0.15, 0.2) is 11.5 Å². The molecule has 3 heterocycles. The van der Waals surface area contributed by atoms with E-state index in [-0.39, 0.29) is 29.8 Å². The Bertz CT molecular complexity index is 1210. The van der Waals surface area contributed by atoms with E-state index < -0.39 is 11.0 Å². The Kier molecular flexibility index (Phi) is 4.74. The molecule has 1 spiro atoms. The van der Waals surface area contributed by atoms with E-state index in [0.717, 1.165) is 43.0 Å². The summed E-state index contributed by atoms with van der Waals surface area (Å²) < 4.78 is 6.59. The molecule has 3 aliphatic carbocycles. The first-order chi connectivity index (χ1) is 16.9. The van der Waals surface area contributed by atoms with Gasteiger partial charge in [-0.2, -0.15) is 11.3 Å². The zero-order chi connectivity index (χ0) is 23.9. The van der Waals surface area contributed by atoms with Crippen LogP contribution in [0.1, 0.15) is 48.8 Å². The fourth-order valence-corrected chi connectivity index (χ4v) is 8.30. The van der Waals surface area contributed by atoms with Gasteiger partial charge in [0.1, 0.15) is 6.10 Å². The summed E-state index contributed by atoms with van der Waals surface area (Å²) in [6.45, 7) is 1.98. The fourth-order valence-electron chi connectivity index (χ4n) is 7.67. The van der Waals surface area contributed by atoms with Crippen LogP contribution in [0.25, 0.3) is 6.08 Å². The number of aromatic hydroxyl groups is 1. The van der Waals surface area contributed by atoms with Crippen LogP contribution in [0.4, 0.5) is 0 Å². The minimum absolute atomic E-state index is 0.0476. The summed E-state index contributed by atoms with van der Waals surface area (Å²) in [6, 6.07) is 5.62.